The van der Waals surface area contributed by atoms with Gasteiger partial charge in [-0.2, -0.15) is 0 Å². The Hall–Kier alpha value is -0.380. The Morgan fingerprint density at radius 3 is 3.13 bits per heavy atom. The van der Waals surface area contributed by atoms with Gasteiger partial charge >= 0.3 is 0 Å². The molecule has 3 heteroatoms. The molecule has 3 atom stereocenters. The molecule has 1 aromatic heterocycles. The molecule has 2 nitrogen and oxygen atoms in total. The molecule has 0 bridgehead atoms. The molecule has 2 N–H and O–H groups in total. The zero-order valence-corrected chi connectivity index (χ0v) is 9.96. The standard InChI is InChI=1S/C12H19NOS/c1-9(12-6-3-7-15-12)13-11-5-2-4-10(11)8-14/h3,6-7,9-11,13-14H,2,4-5,8H2,1H3. The molecule has 3 unspecified atom stereocenters. The van der Waals surface area contributed by atoms with Crippen molar-refractivity contribution in [3.05, 3.63) is 22.4 Å². The molecule has 0 radical (unpaired) electrons. The van der Waals surface area contributed by atoms with Crippen molar-refractivity contribution in [2.45, 2.75) is 38.3 Å². The van der Waals surface area contributed by atoms with Gasteiger partial charge in [-0.1, -0.05) is 12.5 Å². The summed E-state index contributed by atoms with van der Waals surface area (Å²) >= 11 is 1.80. The number of aliphatic hydroxyl groups is 1. The van der Waals surface area contributed by atoms with Crippen molar-refractivity contribution in [2.75, 3.05) is 6.61 Å². The van der Waals surface area contributed by atoms with Crippen molar-refractivity contribution in [3.8, 4) is 0 Å². The summed E-state index contributed by atoms with van der Waals surface area (Å²) in [4.78, 5) is 1.39. The van der Waals surface area contributed by atoms with Gasteiger partial charge in [0.1, 0.15) is 0 Å². The quantitative estimate of drug-likeness (QED) is 0.825. The van der Waals surface area contributed by atoms with Crippen LogP contribution in [0.3, 0.4) is 0 Å². The zero-order valence-electron chi connectivity index (χ0n) is 9.15. The average Bonchev–Trinajstić information content (AvgIpc) is 2.87. The Bertz CT molecular complexity index is 286. The lowest BCUT2D eigenvalue weighted by Crippen LogP contribution is -2.35. The number of hydrogen-bond acceptors (Lipinski definition) is 3. The summed E-state index contributed by atoms with van der Waals surface area (Å²) < 4.78 is 0. The van der Waals surface area contributed by atoms with Crippen LogP contribution in [0.5, 0.6) is 0 Å². The number of rotatable bonds is 4. The molecule has 1 heterocycles. The maximum Gasteiger partial charge on any atom is 0.0474 e. The lowest BCUT2D eigenvalue weighted by molar-refractivity contribution is 0.201. The van der Waals surface area contributed by atoms with Crippen LogP contribution in [-0.2, 0) is 0 Å². The second-order valence-corrected chi connectivity index (χ2v) is 5.36. The molecule has 1 fully saturated rings. The molecule has 0 amide bonds. The number of nitrogens with one attached hydrogen (secondary N) is 1. The fourth-order valence-electron chi connectivity index (χ4n) is 2.42. The van der Waals surface area contributed by atoms with Gasteiger partial charge in [-0.05, 0) is 37.1 Å². The summed E-state index contributed by atoms with van der Waals surface area (Å²) in [6.45, 7) is 2.54. The first-order chi connectivity index (χ1) is 7.31. The first-order valence-electron chi connectivity index (χ1n) is 5.71. The van der Waals surface area contributed by atoms with Gasteiger partial charge in [-0.3, -0.25) is 0 Å². The summed E-state index contributed by atoms with van der Waals surface area (Å²) in [6.07, 6.45) is 3.63. The molecule has 0 spiro atoms. The molecule has 1 aliphatic rings. The number of hydrogen-bond donors (Lipinski definition) is 2. The topological polar surface area (TPSA) is 32.3 Å². The van der Waals surface area contributed by atoms with E-state index in [-0.39, 0.29) is 0 Å². The van der Waals surface area contributed by atoms with Crippen LogP contribution < -0.4 is 5.32 Å². The zero-order chi connectivity index (χ0) is 10.7. The number of thiophene rings is 1. The molecular formula is C12H19NOS. The van der Waals surface area contributed by atoms with Gasteiger partial charge < -0.3 is 10.4 Å². The molecule has 2 rings (SSSR count). The van der Waals surface area contributed by atoms with Gasteiger partial charge in [-0.25, -0.2) is 0 Å². The van der Waals surface area contributed by atoms with E-state index in [1.54, 1.807) is 11.3 Å². The van der Waals surface area contributed by atoms with Crippen molar-refractivity contribution in [1.29, 1.82) is 0 Å². The van der Waals surface area contributed by atoms with Gasteiger partial charge in [0, 0.05) is 23.6 Å². The molecule has 84 valence electrons. The Morgan fingerprint density at radius 2 is 2.47 bits per heavy atom. The van der Waals surface area contributed by atoms with Gasteiger partial charge in [0.2, 0.25) is 0 Å². The lowest BCUT2D eigenvalue weighted by atomic mass is 10.0. The van der Waals surface area contributed by atoms with Crippen LogP contribution in [0.4, 0.5) is 0 Å². The fraction of sp³-hybridized carbons (Fsp3) is 0.667. The highest BCUT2D eigenvalue weighted by Crippen LogP contribution is 2.28. The molecule has 1 aliphatic carbocycles. The molecule has 0 aliphatic heterocycles. The van der Waals surface area contributed by atoms with E-state index in [4.69, 9.17) is 0 Å². The second kappa shape index (κ2) is 5.10. The summed E-state index contributed by atoms with van der Waals surface area (Å²) in [6, 6.07) is 5.19. The first kappa shape index (κ1) is 11.1. The minimum Gasteiger partial charge on any atom is -0.396 e. The van der Waals surface area contributed by atoms with Crippen molar-refractivity contribution in [2.24, 2.45) is 5.92 Å². The van der Waals surface area contributed by atoms with Crippen LogP contribution in [0, 0.1) is 5.92 Å². The van der Waals surface area contributed by atoms with Gasteiger partial charge in [0.25, 0.3) is 0 Å². The number of aliphatic hydroxyl groups excluding tert-OH is 1. The van der Waals surface area contributed by atoms with Crippen molar-refractivity contribution in [1.82, 2.24) is 5.32 Å². The van der Waals surface area contributed by atoms with Crippen LogP contribution in [0.25, 0.3) is 0 Å². The highest BCUT2D eigenvalue weighted by molar-refractivity contribution is 7.10. The highest BCUT2D eigenvalue weighted by atomic mass is 32.1. The van der Waals surface area contributed by atoms with E-state index in [1.165, 1.54) is 24.1 Å². The Balaban J connectivity index is 1.91. The SMILES string of the molecule is CC(NC1CCCC1CO)c1cccs1. The first-order valence-corrected chi connectivity index (χ1v) is 6.59. The van der Waals surface area contributed by atoms with E-state index in [0.717, 1.165) is 0 Å². The maximum atomic E-state index is 9.24. The average molecular weight is 225 g/mol. The molecule has 0 aromatic carbocycles. The summed E-state index contributed by atoms with van der Waals surface area (Å²) in [7, 11) is 0. The minimum atomic E-state index is 0.328. The summed E-state index contributed by atoms with van der Waals surface area (Å²) in [5.74, 6) is 0.465. The molecule has 1 saturated carbocycles. The third-order valence-corrected chi connectivity index (χ3v) is 4.38. The van der Waals surface area contributed by atoms with E-state index in [2.05, 4.69) is 29.8 Å². The van der Waals surface area contributed by atoms with E-state index < -0.39 is 0 Å². The largest absolute Gasteiger partial charge is 0.396 e. The summed E-state index contributed by atoms with van der Waals surface area (Å²) in [5.41, 5.74) is 0. The van der Waals surface area contributed by atoms with Crippen LogP contribution in [-0.4, -0.2) is 17.8 Å². The molecule has 0 saturated heterocycles. The van der Waals surface area contributed by atoms with Crippen molar-refractivity contribution >= 4 is 11.3 Å². The highest BCUT2D eigenvalue weighted by Gasteiger charge is 2.27. The van der Waals surface area contributed by atoms with Gasteiger partial charge in [-0.15, -0.1) is 11.3 Å². The predicted molar refractivity (Wildman–Crippen MR) is 64.1 cm³/mol. The van der Waals surface area contributed by atoms with E-state index in [0.29, 0.717) is 24.6 Å². The monoisotopic (exact) mass is 225 g/mol. The third-order valence-electron chi connectivity index (χ3n) is 3.33. The molecular weight excluding hydrogens is 206 g/mol. The second-order valence-electron chi connectivity index (χ2n) is 4.38. The fourth-order valence-corrected chi connectivity index (χ4v) is 3.16. The molecule has 15 heavy (non-hydrogen) atoms. The summed E-state index contributed by atoms with van der Waals surface area (Å²) in [5, 5.41) is 15.0. The van der Waals surface area contributed by atoms with Crippen LogP contribution in [0.15, 0.2) is 17.5 Å². The third kappa shape index (κ3) is 2.60. The van der Waals surface area contributed by atoms with Gasteiger partial charge in [0.15, 0.2) is 0 Å². The van der Waals surface area contributed by atoms with Crippen LogP contribution in [0.2, 0.25) is 0 Å². The Labute approximate surface area is 95.3 Å². The van der Waals surface area contributed by atoms with E-state index in [1.807, 2.05) is 0 Å². The Kier molecular flexibility index (Phi) is 3.78. The van der Waals surface area contributed by atoms with E-state index in [9.17, 15) is 5.11 Å². The van der Waals surface area contributed by atoms with Crippen molar-refractivity contribution < 1.29 is 5.11 Å². The van der Waals surface area contributed by atoms with Crippen LogP contribution >= 0.6 is 11.3 Å². The van der Waals surface area contributed by atoms with E-state index >= 15 is 0 Å². The minimum absolute atomic E-state index is 0.328. The van der Waals surface area contributed by atoms with Crippen molar-refractivity contribution in [3.63, 3.8) is 0 Å². The smallest absolute Gasteiger partial charge is 0.0474 e. The van der Waals surface area contributed by atoms with Crippen LogP contribution in [0.1, 0.15) is 37.1 Å². The normalized spacial score (nSPS) is 28.1. The lowest BCUT2D eigenvalue weighted by Gasteiger charge is -2.23. The predicted octanol–water partition coefficient (Wildman–Crippen LogP) is 2.56. The maximum absolute atomic E-state index is 9.24. The van der Waals surface area contributed by atoms with Gasteiger partial charge in [0.05, 0.1) is 0 Å². The Morgan fingerprint density at radius 1 is 1.60 bits per heavy atom. The molecule has 1 aromatic rings.